The topological polar surface area (TPSA) is 38.3 Å². The van der Waals surface area contributed by atoms with Crippen LogP contribution >= 0.6 is 0 Å². The van der Waals surface area contributed by atoms with Crippen LogP contribution in [0.25, 0.3) is 0 Å². The highest BCUT2D eigenvalue weighted by Gasteiger charge is 2.13. The maximum atomic E-state index is 13.5. The Balaban J connectivity index is 2.78. The number of hydrogen-bond acceptors (Lipinski definition) is 2. The van der Waals surface area contributed by atoms with E-state index in [-0.39, 0.29) is 11.7 Å². The Morgan fingerprint density at radius 1 is 1.47 bits per heavy atom. The lowest BCUT2D eigenvalue weighted by atomic mass is 10.1. The molecule has 0 aliphatic rings. The van der Waals surface area contributed by atoms with Crippen molar-refractivity contribution in [2.45, 2.75) is 26.9 Å². The fourth-order valence-electron chi connectivity index (χ4n) is 1.05. The molecule has 0 radical (unpaired) electrons. The van der Waals surface area contributed by atoms with Gasteiger partial charge in [0.15, 0.2) is 0 Å². The van der Waals surface area contributed by atoms with Crippen LogP contribution in [0.2, 0.25) is 0 Å². The first kappa shape index (κ1) is 11.7. The SMILES string of the molecule is Cc1cccc(C(=O)NOC(C)C)c1F. The van der Waals surface area contributed by atoms with E-state index in [1.54, 1.807) is 32.9 Å². The fraction of sp³-hybridized carbons (Fsp3) is 0.364. The van der Waals surface area contributed by atoms with Crippen molar-refractivity contribution in [3.63, 3.8) is 0 Å². The zero-order valence-corrected chi connectivity index (χ0v) is 9.00. The molecule has 15 heavy (non-hydrogen) atoms. The number of carbonyl (C=O) groups is 1. The van der Waals surface area contributed by atoms with Crippen LogP contribution < -0.4 is 5.48 Å². The second kappa shape index (κ2) is 4.89. The summed E-state index contributed by atoms with van der Waals surface area (Å²) in [6, 6.07) is 4.65. The van der Waals surface area contributed by atoms with E-state index in [1.165, 1.54) is 6.07 Å². The summed E-state index contributed by atoms with van der Waals surface area (Å²) in [5, 5.41) is 0. The molecule has 0 saturated carbocycles. The highest BCUT2D eigenvalue weighted by molar-refractivity contribution is 5.93. The molecule has 0 aliphatic heterocycles. The Morgan fingerprint density at radius 3 is 2.73 bits per heavy atom. The number of benzene rings is 1. The molecule has 3 nitrogen and oxygen atoms in total. The summed E-state index contributed by atoms with van der Waals surface area (Å²) in [6.45, 7) is 5.15. The zero-order chi connectivity index (χ0) is 11.4. The van der Waals surface area contributed by atoms with Crippen LogP contribution in [0, 0.1) is 12.7 Å². The van der Waals surface area contributed by atoms with Gasteiger partial charge in [0.1, 0.15) is 5.82 Å². The third-order valence-corrected chi connectivity index (χ3v) is 1.82. The molecule has 0 heterocycles. The van der Waals surface area contributed by atoms with Gasteiger partial charge in [0.2, 0.25) is 0 Å². The van der Waals surface area contributed by atoms with Crippen molar-refractivity contribution in [2.75, 3.05) is 0 Å². The summed E-state index contributed by atoms with van der Waals surface area (Å²) < 4.78 is 13.5. The van der Waals surface area contributed by atoms with Crippen molar-refractivity contribution in [3.05, 3.63) is 35.1 Å². The van der Waals surface area contributed by atoms with Gasteiger partial charge in [0.25, 0.3) is 5.91 Å². The third-order valence-electron chi connectivity index (χ3n) is 1.82. The molecular formula is C11H14FNO2. The number of aryl methyl sites for hydroxylation is 1. The molecule has 0 unspecified atom stereocenters. The first-order valence-corrected chi connectivity index (χ1v) is 4.73. The van der Waals surface area contributed by atoms with Crippen molar-refractivity contribution in [3.8, 4) is 0 Å². The molecule has 0 saturated heterocycles. The minimum Gasteiger partial charge on any atom is -0.271 e. The molecule has 0 atom stereocenters. The number of hydrogen-bond donors (Lipinski definition) is 1. The van der Waals surface area contributed by atoms with Crippen molar-refractivity contribution < 1.29 is 14.0 Å². The standard InChI is InChI=1S/C11H14FNO2/c1-7(2)15-13-11(14)9-6-4-5-8(3)10(9)12/h4-7H,1-3H3,(H,13,14). The molecule has 1 amide bonds. The average Bonchev–Trinajstić information content (AvgIpc) is 2.18. The van der Waals surface area contributed by atoms with Gasteiger partial charge >= 0.3 is 0 Å². The summed E-state index contributed by atoms with van der Waals surface area (Å²) in [5.74, 6) is -1.08. The Labute approximate surface area is 88.2 Å². The zero-order valence-electron chi connectivity index (χ0n) is 9.00. The van der Waals surface area contributed by atoms with Gasteiger partial charge in [-0.2, -0.15) is 0 Å². The Kier molecular flexibility index (Phi) is 3.80. The van der Waals surface area contributed by atoms with Gasteiger partial charge in [0.05, 0.1) is 11.7 Å². The van der Waals surface area contributed by atoms with Crippen LogP contribution in [0.15, 0.2) is 18.2 Å². The van der Waals surface area contributed by atoms with E-state index in [0.29, 0.717) is 5.56 Å². The summed E-state index contributed by atoms with van der Waals surface area (Å²) in [4.78, 5) is 16.3. The highest BCUT2D eigenvalue weighted by Crippen LogP contribution is 2.11. The third kappa shape index (κ3) is 3.02. The molecule has 0 spiro atoms. The minimum atomic E-state index is -0.565. The van der Waals surface area contributed by atoms with Crippen molar-refractivity contribution >= 4 is 5.91 Å². The van der Waals surface area contributed by atoms with Gasteiger partial charge in [0, 0.05) is 0 Å². The predicted octanol–water partition coefficient (Wildman–Crippen LogP) is 2.20. The number of carbonyl (C=O) groups excluding carboxylic acids is 1. The van der Waals surface area contributed by atoms with E-state index >= 15 is 0 Å². The maximum Gasteiger partial charge on any atom is 0.277 e. The summed E-state index contributed by atoms with van der Waals surface area (Å²) in [5.41, 5.74) is 2.62. The van der Waals surface area contributed by atoms with Crippen molar-refractivity contribution in [2.24, 2.45) is 0 Å². The van der Waals surface area contributed by atoms with E-state index in [9.17, 15) is 9.18 Å². The van der Waals surface area contributed by atoms with Crippen LogP contribution in [0.3, 0.4) is 0 Å². The highest BCUT2D eigenvalue weighted by atomic mass is 19.1. The predicted molar refractivity (Wildman–Crippen MR) is 54.8 cm³/mol. The minimum absolute atomic E-state index is 0.00403. The first-order valence-electron chi connectivity index (χ1n) is 4.73. The normalized spacial score (nSPS) is 10.5. The summed E-state index contributed by atoms with van der Waals surface area (Å²) in [7, 11) is 0. The van der Waals surface area contributed by atoms with E-state index in [1.807, 2.05) is 0 Å². The van der Waals surface area contributed by atoms with Gasteiger partial charge < -0.3 is 0 Å². The lowest BCUT2D eigenvalue weighted by Crippen LogP contribution is -2.27. The van der Waals surface area contributed by atoms with Gasteiger partial charge in [-0.05, 0) is 32.4 Å². The van der Waals surface area contributed by atoms with Crippen molar-refractivity contribution in [1.29, 1.82) is 0 Å². The van der Waals surface area contributed by atoms with E-state index in [4.69, 9.17) is 4.84 Å². The number of hydroxylamine groups is 1. The largest absolute Gasteiger partial charge is 0.277 e. The Bertz CT molecular complexity index is 364. The molecule has 1 aromatic rings. The monoisotopic (exact) mass is 211 g/mol. The maximum absolute atomic E-state index is 13.5. The van der Waals surface area contributed by atoms with Gasteiger partial charge in [-0.1, -0.05) is 12.1 Å². The average molecular weight is 211 g/mol. The molecule has 0 aromatic heterocycles. The number of amides is 1. The van der Waals surface area contributed by atoms with Crippen LogP contribution in [-0.4, -0.2) is 12.0 Å². The second-order valence-electron chi connectivity index (χ2n) is 3.53. The van der Waals surface area contributed by atoms with Gasteiger partial charge in [-0.3, -0.25) is 9.63 Å². The molecule has 4 heteroatoms. The molecule has 0 fully saturated rings. The lowest BCUT2D eigenvalue weighted by molar-refractivity contribution is -0.0000719. The first-order chi connectivity index (χ1) is 7.02. The molecule has 1 N–H and O–H groups in total. The van der Waals surface area contributed by atoms with Crippen LogP contribution in [0.1, 0.15) is 29.8 Å². The molecule has 1 aromatic carbocycles. The quantitative estimate of drug-likeness (QED) is 0.778. The van der Waals surface area contributed by atoms with E-state index < -0.39 is 11.7 Å². The number of halogens is 1. The molecule has 1 rings (SSSR count). The van der Waals surface area contributed by atoms with E-state index in [0.717, 1.165) is 0 Å². The number of rotatable bonds is 3. The van der Waals surface area contributed by atoms with Gasteiger partial charge in [-0.25, -0.2) is 9.87 Å². The van der Waals surface area contributed by atoms with E-state index in [2.05, 4.69) is 5.48 Å². The van der Waals surface area contributed by atoms with Crippen LogP contribution in [0.5, 0.6) is 0 Å². The summed E-state index contributed by atoms with van der Waals surface area (Å²) in [6.07, 6.45) is -0.137. The Morgan fingerprint density at radius 2 is 2.13 bits per heavy atom. The van der Waals surface area contributed by atoms with Crippen molar-refractivity contribution in [1.82, 2.24) is 5.48 Å². The number of nitrogens with one attached hydrogen (secondary N) is 1. The Hall–Kier alpha value is -1.42. The molecule has 0 bridgehead atoms. The van der Waals surface area contributed by atoms with Crippen LogP contribution in [0.4, 0.5) is 4.39 Å². The fourth-order valence-corrected chi connectivity index (χ4v) is 1.05. The molecular weight excluding hydrogens is 197 g/mol. The smallest absolute Gasteiger partial charge is 0.271 e. The molecule has 82 valence electrons. The second-order valence-corrected chi connectivity index (χ2v) is 3.53. The van der Waals surface area contributed by atoms with Gasteiger partial charge in [-0.15, -0.1) is 0 Å². The van der Waals surface area contributed by atoms with Crippen LogP contribution in [-0.2, 0) is 4.84 Å². The molecule has 0 aliphatic carbocycles. The summed E-state index contributed by atoms with van der Waals surface area (Å²) >= 11 is 0. The lowest BCUT2D eigenvalue weighted by Gasteiger charge is -2.09.